The Hall–Kier alpha value is -4.11. The van der Waals surface area contributed by atoms with E-state index in [0.717, 1.165) is 34.7 Å². The highest BCUT2D eigenvalue weighted by Crippen LogP contribution is 2.26. The number of halogens is 7. The van der Waals surface area contributed by atoms with Crippen molar-refractivity contribution in [1.29, 1.82) is 0 Å². The van der Waals surface area contributed by atoms with E-state index in [-0.39, 0.29) is 5.41 Å². The van der Waals surface area contributed by atoms with E-state index in [9.17, 15) is 0 Å². The van der Waals surface area contributed by atoms with Crippen molar-refractivity contribution in [3.8, 4) is 0 Å². The molecule has 0 N–H and O–H groups in total. The molecule has 1 heterocycles. The fourth-order valence-corrected chi connectivity index (χ4v) is 9.96. The molecule has 0 bridgehead atoms. The SMILES string of the molecule is Cc1cc(Br)cc(Br)c1.Cc1cc(Br)cc(C(C)(C)C)c1.Cc1cc(C)cc(Br)c1.Cc1ccc(C)c(Cl)c1.Cc1ccc(C)cc1.Cc1ccc(Cl)cc1.Cc1cccc(Br)c1.Cc1ccccc1.Cc1ccccn1. The summed E-state index contributed by atoms with van der Waals surface area (Å²) in [5.41, 5.74) is 16.8. The predicted octanol–water partition coefficient (Wildman–Crippen LogP) is 24.7. The van der Waals surface area contributed by atoms with Gasteiger partial charge in [0, 0.05) is 44.3 Å². The van der Waals surface area contributed by atoms with Crippen molar-refractivity contribution in [3.63, 3.8) is 0 Å². The van der Waals surface area contributed by atoms with Crippen LogP contribution in [0.1, 0.15) is 93.2 Å². The van der Waals surface area contributed by atoms with Crippen LogP contribution in [-0.4, -0.2) is 4.98 Å². The van der Waals surface area contributed by atoms with Gasteiger partial charge in [0.2, 0.25) is 0 Å². The van der Waals surface area contributed by atoms with Crippen LogP contribution >= 0.6 is 103 Å². The van der Waals surface area contributed by atoms with Gasteiger partial charge in [0.25, 0.3) is 0 Å². The van der Waals surface area contributed by atoms with Crippen molar-refractivity contribution in [2.45, 2.75) is 109 Å². The summed E-state index contributed by atoms with van der Waals surface area (Å²) in [7, 11) is 0. The van der Waals surface area contributed by atoms with Gasteiger partial charge in [0.05, 0.1) is 0 Å². The minimum atomic E-state index is 0.245. The summed E-state index contributed by atoms with van der Waals surface area (Å²) in [5, 5.41) is 1.66. The third-order valence-electron chi connectivity index (χ3n) is 10.4. The van der Waals surface area contributed by atoms with Crippen LogP contribution in [0.25, 0.3) is 0 Å². The second-order valence-corrected chi connectivity index (χ2v) is 25.1. The Bertz CT molecular complexity index is 2710. The van der Waals surface area contributed by atoms with Crippen LogP contribution in [0.2, 0.25) is 10.0 Å². The molecule has 0 saturated heterocycles. The van der Waals surface area contributed by atoms with Gasteiger partial charge in [0.15, 0.2) is 0 Å². The molecular weight excluding hydrogens is 1310 g/mol. The maximum Gasteiger partial charge on any atom is 0.0437 e. The van der Waals surface area contributed by atoms with E-state index < -0.39 is 0 Å². The first-order valence-electron chi connectivity index (χ1n) is 25.2. The minimum Gasteiger partial charge on any atom is -0.262 e. The van der Waals surface area contributed by atoms with Crippen molar-refractivity contribution in [2.24, 2.45) is 0 Å². The van der Waals surface area contributed by atoms with Gasteiger partial charge in [-0.1, -0.05) is 261 Å². The minimum absolute atomic E-state index is 0.245. The Balaban J connectivity index is 0.000000435. The number of hydrogen-bond donors (Lipinski definition) is 0. The van der Waals surface area contributed by atoms with Crippen LogP contribution in [0.3, 0.4) is 0 Å². The first-order chi connectivity index (χ1) is 36.1. The molecule has 0 unspecified atom stereocenters. The number of aromatic nitrogens is 1. The molecule has 0 saturated carbocycles. The van der Waals surface area contributed by atoms with E-state index in [0.29, 0.717) is 0 Å². The topological polar surface area (TPSA) is 12.9 Å². The lowest BCUT2D eigenvalue weighted by atomic mass is 9.86. The van der Waals surface area contributed by atoms with Gasteiger partial charge in [-0.3, -0.25) is 4.98 Å². The second-order valence-electron chi connectivity index (χ2n) is 19.6. The van der Waals surface area contributed by atoms with Crippen molar-refractivity contribution >= 4 is 103 Å². The largest absolute Gasteiger partial charge is 0.262 e. The second kappa shape index (κ2) is 39.3. The molecule has 0 spiro atoms. The third kappa shape index (κ3) is 37.4. The van der Waals surface area contributed by atoms with Gasteiger partial charge in [-0.2, -0.15) is 0 Å². The summed E-state index contributed by atoms with van der Waals surface area (Å²) in [6.07, 6.45) is 1.79. The zero-order chi connectivity index (χ0) is 58.1. The Morgan fingerprint density at radius 3 is 1.00 bits per heavy atom. The molecule has 0 amide bonds. The predicted molar refractivity (Wildman–Crippen MR) is 360 cm³/mol. The Labute approximate surface area is 517 Å². The van der Waals surface area contributed by atoms with Crippen molar-refractivity contribution in [3.05, 3.63) is 305 Å². The molecule has 1 nitrogen and oxygen atoms in total. The molecule has 0 aliphatic heterocycles. The van der Waals surface area contributed by atoms with E-state index in [1.54, 1.807) is 6.20 Å². The molecule has 0 atom stereocenters. The quantitative estimate of drug-likeness (QED) is 0.147. The number of rotatable bonds is 0. The first kappa shape index (κ1) is 70.9. The fourth-order valence-electron chi connectivity index (χ4n) is 6.24. The molecule has 8 aromatic carbocycles. The number of hydrogen-bond acceptors (Lipinski definition) is 1. The summed E-state index contributed by atoms with van der Waals surface area (Å²) in [6.45, 7) is 31.5. The molecule has 0 radical (unpaired) electrons. The molecular formula is C69H78Br5Cl2N. The Morgan fingerprint density at radius 1 is 0.312 bits per heavy atom. The fraction of sp³-hybridized carbons (Fsp3) is 0.232. The maximum atomic E-state index is 5.81. The van der Waals surface area contributed by atoms with E-state index in [1.165, 1.54) is 70.1 Å². The summed E-state index contributed by atoms with van der Waals surface area (Å²) in [4.78, 5) is 3.98. The van der Waals surface area contributed by atoms with Gasteiger partial charge in [-0.25, -0.2) is 0 Å². The van der Waals surface area contributed by atoms with E-state index >= 15 is 0 Å². The highest BCUT2D eigenvalue weighted by atomic mass is 79.9. The van der Waals surface area contributed by atoms with Crippen LogP contribution < -0.4 is 0 Å². The first-order valence-corrected chi connectivity index (χ1v) is 29.9. The lowest BCUT2D eigenvalue weighted by Crippen LogP contribution is -2.11. The highest BCUT2D eigenvalue weighted by Gasteiger charge is 2.13. The van der Waals surface area contributed by atoms with Crippen molar-refractivity contribution in [1.82, 2.24) is 4.98 Å². The van der Waals surface area contributed by atoms with Crippen LogP contribution in [-0.2, 0) is 5.41 Å². The Kier molecular flexibility index (Phi) is 36.2. The molecule has 8 heteroatoms. The smallest absolute Gasteiger partial charge is 0.0437 e. The number of nitrogens with zero attached hydrogens (tertiary/aromatic N) is 1. The van der Waals surface area contributed by atoms with Gasteiger partial charge in [0.1, 0.15) is 0 Å². The summed E-state index contributed by atoms with van der Waals surface area (Å²) >= 11 is 28.5. The molecule has 77 heavy (non-hydrogen) atoms. The van der Waals surface area contributed by atoms with Crippen LogP contribution in [0.5, 0.6) is 0 Å². The lowest BCUT2D eigenvalue weighted by molar-refractivity contribution is 0.589. The van der Waals surface area contributed by atoms with Crippen LogP contribution in [0.15, 0.2) is 223 Å². The van der Waals surface area contributed by atoms with Crippen LogP contribution in [0, 0.1) is 83.1 Å². The number of benzene rings is 8. The van der Waals surface area contributed by atoms with Crippen molar-refractivity contribution < 1.29 is 0 Å². The normalized spacial score (nSPS) is 9.69. The third-order valence-corrected chi connectivity index (χ3v) is 13.4. The molecule has 1 aromatic heterocycles. The summed E-state index contributed by atoms with van der Waals surface area (Å²) < 4.78 is 5.73. The summed E-state index contributed by atoms with van der Waals surface area (Å²) in [6, 6.07) is 65.7. The standard InChI is InChI=1S/C11H15Br.C8H9Br.C8H9Cl.C8H10.C7H6Br2.C7H7Br.C7H7Cl.C7H8.C6H7N/c1-8-5-9(11(2,3)4)7-10(12)6-8;1-6-3-7(2)5-8(9)4-6;1-6-3-4-7(2)8(9)5-6;1-7-3-5-8(2)6-4-7;1-5-2-6(8)4-7(9)3-5;1-6-3-2-4-7(8)5-6;1-6-2-4-7(8)5-3-6;1-7-5-3-2-4-6-7;1-6-4-2-3-5-7-6/h5-7H,1-4H3;2*3-5H,1-2H3;3-6H,1-2H3;2-4H,1H3;2*2-5H,1H3;2-6H,1H3;2-5H,1H3. The van der Waals surface area contributed by atoms with E-state index in [1.807, 2.05) is 119 Å². The average Bonchev–Trinajstić information content (AvgIpc) is 3.33. The van der Waals surface area contributed by atoms with E-state index in [4.69, 9.17) is 23.2 Å². The number of aryl methyl sites for hydroxylation is 12. The maximum absolute atomic E-state index is 5.81. The van der Waals surface area contributed by atoms with Gasteiger partial charge < -0.3 is 0 Å². The summed E-state index contributed by atoms with van der Waals surface area (Å²) in [5.74, 6) is 0. The molecule has 9 aromatic rings. The molecule has 408 valence electrons. The van der Waals surface area contributed by atoms with Gasteiger partial charge in [-0.05, 0) is 212 Å². The average molecular weight is 1390 g/mol. The zero-order valence-corrected chi connectivity index (χ0v) is 57.1. The van der Waals surface area contributed by atoms with E-state index in [2.05, 4.69) is 264 Å². The highest BCUT2D eigenvalue weighted by molar-refractivity contribution is 9.11. The zero-order valence-electron chi connectivity index (χ0n) is 47.6. The lowest BCUT2D eigenvalue weighted by Gasteiger charge is -2.19. The monoisotopic (exact) mass is 1390 g/mol. The van der Waals surface area contributed by atoms with Gasteiger partial charge >= 0.3 is 0 Å². The number of pyridine rings is 1. The molecule has 9 rings (SSSR count). The van der Waals surface area contributed by atoms with Gasteiger partial charge in [-0.15, -0.1) is 0 Å². The Morgan fingerprint density at radius 2 is 0.688 bits per heavy atom. The molecule has 0 aliphatic rings. The van der Waals surface area contributed by atoms with Crippen molar-refractivity contribution in [2.75, 3.05) is 0 Å². The molecule has 0 fully saturated rings. The van der Waals surface area contributed by atoms with Crippen LogP contribution in [0.4, 0.5) is 0 Å². The molecule has 0 aliphatic carbocycles.